The summed E-state index contributed by atoms with van der Waals surface area (Å²) in [6.07, 6.45) is 2.28. The molecule has 1 N–H and O–H groups in total. The molecule has 1 aliphatic heterocycles. The van der Waals surface area contributed by atoms with Gasteiger partial charge in [-0.3, -0.25) is 4.79 Å². The highest BCUT2D eigenvalue weighted by molar-refractivity contribution is 6.08. The van der Waals surface area contributed by atoms with Crippen molar-refractivity contribution in [3.05, 3.63) is 94.7 Å². The Kier molecular flexibility index (Phi) is 6.17. The Morgan fingerprint density at radius 1 is 1.05 bits per heavy atom. The highest BCUT2D eigenvalue weighted by Crippen LogP contribution is 2.39. The van der Waals surface area contributed by atoms with E-state index in [9.17, 15) is 14.9 Å². The first-order chi connectivity index (χ1) is 19.0. The number of ether oxygens (including phenoxy) is 3. The third-order valence-corrected chi connectivity index (χ3v) is 6.84. The molecule has 2 heterocycles. The molecule has 2 aliphatic rings. The van der Waals surface area contributed by atoms with Crippen LogP contribution in [0.1, 0.15) is 46.1 Å². The summed E-state index contributed by atoms with van der Waals surface area (Å²) in [6.45, 7) is 1.72. The SMILES string of the molecule is CC(OC(=O)c1c2c(nc3ccccc13)/C(=C/c1ccc3c(c1)OCO3)CC2)C(=O)Nc1ccccc1C#N. The molecular formula is C31H23N3O5. The number of hydrogen-bond acceptors (Lipinski definition) is 7. The van der Waals surface area contributed by atoms with Crippen LogP contribution in [0.25, 0.3) is 22.6 Å². The first-order valence-electron chi connectivity index (χ1n) is 12.5. The highest BCUT2D eigenvalue weighted by atomic mass is 16.7. The molecule has 6 rings (SSSR count). The quantitative estimate of drug-likeness (QED) is 0.348. The number of para-hydroxylation sites is 2. The number of esters is 1. The standard InChI is InChI=1S/C31H23N3O5/c1-18(30(35)34-24-8-4-2-6-21(24)16-32)39-31(36)28-22-7-3-5-9-25(22)33-29-20(11-12-23(28)29)14-19-10-13-26-27(15-19)38-17-37-26/h2-10,13-15,18H,11-12,17H2,1H3,(H,34,35)/b20-14+. The molecule has 1 atom stereocenters. The molecule has 1 aliphatic carbocycles. The van der Waals surface area contributed by atoms with E-state index in [2.05, 4.69) is 5.32 Å². The monoisotopic (exact) mass is 517 g/mol. The number of carbonyl (C=O) groups excluding carboxylic acids is 2. The number of nitrogens with zero attached hydrogens (tertiary/aromatic N) is 2. The molecule has 192 valence electrons. The molecular weight excluding hydrogens is 494 g/mol. The van der Waals surface area contributed by atoms with Crippen LogP contribution in [0.5, 0.6) is 11.5 Å². The molecule has 0 bridgehead atoms. The second kappa shape index (κ2) is 9.95. The van der Waals surface area contributed by atoms with Crippen LogP contribution in [0, 0.1) is 11.3 Å². The minimum atomic E-state index is -1.09. The average Bonchev–Trinajstić information content (AvgIpc) is 3.58. The van der Waals surface area contributed by atoms with E-state index in [0.29, 0.717) is 52.1 Å². The van der Waals surface area contributed by atoms with Gasteiger partial charge in [-0.05, 0) is 72.9 Å². The van der Waals surface area contributed by atoms with Crippen LogP contribution in [0.2, 0.25) is 0 Å². The van der Waals surface area contributed by atoms with Crippen molar-refractivity contribution in [3.8, 4) is 17.6 Å². The average molecular weight is 518 g/mol. The maximum absolute atomic E-state index is 13.6. The summed E-state index contributed by atoms with van der Waals surface area (Å²) in [5.74, 6) is 0.296. The predicted molar refractivity (Wildman–Crippen MR) is 145 cm³/mol. The second-order valence-electron chi connectivity index (χ2n) is 9.31. The molecule has 39 heavy (non-hydrogen) atoms. The molecule has 4 aromatic rings. The third-order valence-electron chi connectivity index (χ3n) is 6.84. The number of aromatic nitrogens is 1. The normalized spacial score (nSPS) is 15.0. The van der Waals surface area contributed by atoms with Crippen LogP contribution in [-0.4, -0.2) is 29.8 Å². The summed E-state index contributed by atoms with van der Waals surface area (Å²) >= 11 is 0. The molecule has 3 aromatic carbocycles. The summed E-state index contributed by atoms with van der Waals surface area (Å²) in [5.41, 5.74) is 5.27. The lowest BCUT2D eigenvalue weighted by Gasteiger charge is -2.17. The molecule has 0 spiro atoms. The van der Waals surface area contributed by atoms with Gasteiger partial charge in [-0.15, -0.1) is 0 Å². The van der Waals surface area contributed by atoms with Gasteiger partial charge in [0.2, 0.25) is 6.79 Å². The van der Waals surface area contributed by atoms with Crippen molar-refractivity contribution in [1.82, 2.24) is 4.98 Å². The van der Waals surface area contributed by atoms with Crippen molar-refractivity contribution in [2.45, 2.75) is 25.9 Å². The van der Waals surface area contributed by atoms with Gasteiger partial charge in [-0.25, -0.2) is 9.78 Å². The lowest BCUT2D eigenvalue weighted by Crippen LogP contribution is -2.30. The molecule has 8 nitrogen and oxygen atoms in total. The Labute approximate surface area is 224 Å². The second-order valence-corrected chi connectivity index (χ2v) is 9.31. The lowest BCUT2D eigenvalue weighted by molar-refractivity contribution is -0.123. The number of fused-ring (bicyclic) bond motifs is 3. The number of carbonyl (C=O) groups is 2. The first-order valence-corrected chi connectivity index (χ1v) is 12.5. The zero-order chi connectivity index (χ0) is 26.9. The fourth-order valence-corrected chi connectivity index (χ4v) is 4.91. The molecule has 0 saturated heterocycles. The fraction of sp³-hybridized carbons (Fsp3) is 0.161. The maximum Gasteiger partial charge on any atom is 0.339 e. The number of rotatable bonds is 5. The number of nitriles is 1. The van der Waals surface area contributed by atoms with E-state index in [4.69, 9.17) is 19.2 Å². The highest BCUT2D eigenvalue weighted by Gasteiger charge is 2.29. The molecule has 8 heteroatoms. The molecule has 0 radical (unpaired) electrons. The largest absolute Gasteiger partial charge is 0.454 e. The molecule has 1 amide bonds. The first kappa shape index (κ1) is 24.2. The number of benzene rings is 3. The van der Waals surface area contributed by atoms with Gasteiger partial charge in [0.15, 0.2) is 17.6 Å². The molecule has 0 fully saturated rings. The lowest BCUT2D eigenvalue weighted by atomic mass is 10.0. The van der Waals surface area contributed by atoms with Crippen molar-refractivity contribution < 1.29 is 23.8 Å². The summed E-state index contributed by atoms with van der Waals surface area (Å²) in [5, 5.41) is 12.7. The Morgan fingerprint density at radius 3 is 2.72 bits per heavy atom. The number of nitrogens with one attached hydrogen (secondary N) is 1. The van der Waals surface area contributed by atoms with Crippen LogP contribution < -0.4 is 14.8 Å². The van der Waals surface area contributed by atoms with E-state index >= 15 is 0 Å². The van der Waals surface area contributed by atoms with Crippen molar-refractivity contribution in [3.63, 3.8) is 0 Å². The summed E-state index contributed by atoms with van der Waals surface area (Å²) in [6, 6.07) is 21.9. The predicted octanol–water partition coefficient (Wildman–Crippen LogP) is 5.51. The van der Waals surface area contributed by atoms with Crippen molar-refractivity contribution in [2.24, 2.45) is 0 Å². The fourth-order valence-electron chi connectivity index (χ4n) is 4.91. The van der Waals surface area contributed by atoms with Crippen LogP contribution in [-0.2, 0) is 16.0 Å². The molecule has 1 aromatic heterocycles. The van der Waals surface area contributed by atoms with E-state index in [1.54, 1.807) is 24.3 Å². The van der Waals surface area contributed by atoms with E-state index < -0.39 is 18.0 Å². The minimum absolute atomic E-state index is 0.207. The Hall–Kier alpha value is -5.16. The Bertz CT molecular complexity index is 1720. The number of hydrogen-bond donors (Lipinski definition) is 1. The van der Waals surface area contributed by atoms with Gasteiger partial charge in [-0.1, -0.05) is 36.4 Å². The van der Waals surface area contributed by atoms with Gasteiger partial charge >= 0.3 is 5.97 Å². The van der Waals surface area contributed by atoms with Gasteiger partial charge < -0.3 is 19.5 Å². The number of pyridine rings is 1. The van der Waals surface area contributed by atoms with Crippen LogP contribution in [0.3, 0.4) is 0 Å². The zero-order valence-corrected chi connectivity index (χ0v) is 21.1. The van der Waals surface area contributed by atoms with E-state index in [0.717, 1.165) is 22.4 Å². The summed E-state index contributed by atoms with van der Waals surface area (Å²) in [7, 11) is 0. The van der Waals surface area contributed by atoms with Crippen LogP contribution in [0.4, 0.5) is 5.69 Å². The van der Waals surface area contributed by atoms with Gasteiger partial charge in [0.05, 0.1) is 28.0 Å². The van der Waals surface area contributed by atoms with Gasteiger partial charge in [-0.2, -0.15) is 5.26 Å². The van der Waals surface area contributed by atoms with Crippen molar-refractivity contribution in [2.75, 3.05) is 12.1 Å². The van der Waals surface area contributed by atoms with E-state index in [-0.39, 0.29) is 6.79 Å². The van der Waals surface area contributed by atoms with E-state index in [1.807, 2.05) is 54.6 Å². The molecule has 1 unspecified atom stereocenters. The Balaban J connectivity index is 1.31. The smallest absolute Gasteiger partial charge is 0.339 e. The maximum atomic E-state index is 13.6. The third kappa shape index (κ3) is 4.55. The van der Waals surface area contributed by atoms with Crippen LogP contribution >= 0.6 is 0 Å². The van der Waals surface area contributed by atoms with Crippen molar-refractivity contribution >= 4 is 40.1 Å². The topological polar surface area (TPSA) is 111 Å². The number of allylic oxidation sites excluding steroid dienone is 1. The van der Waals surface area contributed by atoms with Crippen molar-refractivity contribution in [1.29, 1.82) is 5.26 Å². The van der Waals surface area contributed by atoms with Gasteiger partial charge in [0.25, 0.3) is 5.91 Å². The van der Waals surface area contributed by atoms with Gasteiger partial charge in [0.1, 0.15) is 6.07 Å². The minimum Gasteiger partial charge on any atom is -0.454 e. The summed E-state index contributed by atoms with van der Waals surface area (Å²) < 4.78 is 16.6. The van der Waals surface area contributed by atoms with E-state index in [1.165, 1.54) is 6.92 Å². The van der Waals surface area contributed by atoms with Crippen LogP contribution in [0.15, 0.2) is 66.7 Å². The van der Waals surface area contributed by atoms with Gasteiger partial charge in [0, 0.05) is 5.39 Å². The summed E-state index contributed by atoms with van der Waals surface area (Å²) in [4.78, 5) is 31.3. The Morgan fingerprint density at radius 2 is 1.85 bits per heavy atom. The zero-order valence-electron chi connectivity index (χ0n) is 21.1. The number of anilines is 1. The number of amides is 1. The molecule has 0 saturated carbocycles.